The van der Waals surface area contributed by atoms with Crippen molar-refractivity contribution in [3.8, 4) is 0 Å². The number of carbonyl (C=O) groups is 2. The van der Waals surface area contributed by atoms with Gasteiger partial charge in [-0.1, -0.05) is 177 Å². The second-order valence-electron chi connectivity index (χ2n) is 17.1. The lowest BCUT2D eigenvalue weighted by Crippen LogP contribution is -2.69. The van der Waals surface area contributed by atoms with E-state index in [0.29, 0.717) is 35.4 Å². The smallest absolute Gasteiger partial charge is 0.378 e. The van der Waals surface area contributed by atoms with Gasteiger partial charge in [-0.25, -0.2) is 0 Å². The van der Waals surface area contributed by atoms with E-state index in [2.05, 4.69) is 42.5 Å². The number of alkyl halides is 18. The predicted molar refractivity (Wildman–Crippen MR) is 253 cm³/mol. The van der Waals surface area contributed by atoms with Crippen molar-refractivity contribution < 1.29 is 98.8 Å². The molecule has 0 aliphatic carbocycles. The van der Waals surface area contributed by atoms with Crippen LogP contribution in [0.4, 0.5) is 79.0 Å². The van der Waals surface area contributed by atoms with E-state index in [4.69, 9.17) is 0 Å². The highest BCUT2D eigenvalue weighted by Gasteiger charge is 2.88. The lowest BCUT2D eigenvalue weighted by molar-refractivity contribution is -0.420. The van der Waals surface area contributed by atoms with E-state index < -0.39 is 105 Å². The van der Waals surface area contributed by atoms with Crippen LogP contribution in [0.1, 0.15) is 45.2 Å². The Kier molecular flexibility index (Phi) is 18.7. The Morgan fingerprint density at radius 2 is 0.603 bits per heavy atom. The molecule has 420 valence electrons. The number of hydrogen-bond donors (Lipinski definition) is 4. The van der Waals surface area contributed by atoms with Gasteiger partial charge in [0.15, 0.2) is 11.2 Å². The predicted octanol–water partition coefficient (Wildman–Crippen LogP) is 14.4. The van der Waals surface area contributed by atoms with Crippen LogP contribution in [-0.2, 0) is 33.9 Å². The van der Waals surface area contributed by atoms with E-state index in [1.165, 1.54) is 60.7 Å². The summed E-state index contributed by atoms with van der Waals surface area (Å²) < 4.78 is 256. The summed E-state index contributed by atoms with van der Waals surface area (Å²) in [6.07, 6.45) is -14.3. The molecule has 2 amide bonds. The Morgan fingerprint density at radius 3 is 0.846 bits per heavy atom. The van der Waals surface area contributed by atoms with E-state index in [-0.39, 0.29) is 22.0 Å². The van der Waals surface area contributed by atoms with Crippen LogP contribution < -0.4 is 10.6 Å². The van der Waals surface area contributed by atoms with Crippen LogP contribution in [0.3, 0.4) is 0 Å². The number of hydrogen-bond acceptors (Lipinski definition) is 4. The van der Waals surface area contributed by atoms with Crippen molar-refractivity contribution in [1.29, 1.82) is 0 Å². The molecule has 26 heteroatoms. The fourth-order valence-electron chi connectivity index (χ4n) is 7.93. The van der Waals surface area contributed by atoms with E-state index in [0.717, 1.165) is 48.5 Å². The number of carbonyl (C=O) groups excluding carboxylic acids is 2. The molecule has 0 unspecified atom stereocenters. The van der Waals surface area contributed by atoms with Crippen molar-refractivity contribution in [2.75, 3.05) is 0 Å². The Hall–Kier alpha value is -6.12. The highest BCUT2D eigenvalue weighted by molar-refractivity contribution is 9.10. The fourth-order valence-corrected chi connectivity index (χ4v) is 8.45. The van der Waals surface area contributed by atoms with E-state index in [1.54, 1.807) is 36.4 Å². The molecular formula is C52H38Br2F18N2O4. The minimum atomic E-state index is -7.30. The standard InChI is InChI=1S/2C26H19BrF9NO2/c2*27-19-13-11-18(12-14-19)22(39,23(28,29)24(30,31)25(32,33)26(34,35)36)20(17-9-5-2-6-10-17)21(38)37-15-16-7-3-1-4-8-16/h2*1-14,20,39H,15H2,(H,37,38)/t2*20-,22-/m11/s1. The summed E-state index contributed by atoms with van der Waals surface area (Å²) in [5.41, 5.74) is -12.0. The van der Waals surface area contributed by atoms with E-state index in [1.807, 2.05) is 0 Å². The summed E-state index contributed by atoms with van der Waals surface area (Å²) in [5, 5.41) is 27.2. The Labute approximate surface area is 447 Å². The van der Waals surface area contributed by atoms with Crippen molar-refractivity contribution in [1.82, 2.24) is 10.6 Å². The largest absolute Gasteiger partial charge is 0.460 e. The molecule has 0 radical (unpaired) electrons. The zero-order chi connectivity index (χ0) is 58.6. The summed E-state index contributed by atoms with van der Waals surface area (Å²) in [6, 6.07) is 33.0. The molecule has 0 saturated heterocycles. The normalized spacial score (nSPS) is 15.4. The molecule has 0 aliphatic heterocycles. The first kappa shape index (κ1) is 62.7. The van der Waals surface area contributed by atoms with Crippen LogP contribution in [0.5, 0.6) is 0 Å². The average Bonchev–Trinajstić information content (AvgIpc) is 3.42. The third-order valence-corrected chi connectivity index (χ3v) is 13.1. The van der Waals surface area contributed by atoms with Gasteiger partial charge in [0, 0.05) is 22.0 Å². The Bertz CT molecular complexity index is 2740. The Morgan fingerprint density at radius 1 is 0.359 bits per heavy atom. The highest BCUT2D eigenvalue weighted by Crippen LogP contribution is 2.63. The molecule has 0 heterocycles. The minimum Gasteiger partial charge on any atom is -0.378 e. The summed E-state index contributed by atoms with van der Waals surface area (Å²) >= 11 is 5.91. The van der Waals surface area contributed by atoms with E-state index >= 15 is 17.6 Å². The fraction of sp³-hybridized carbons (Fsp3) is 0.269. The molecule has 0 spiro atoms. The lowest BCUT2D eigenvalue weighted by Gasteiger charge is -2.46. The molecule has 6 nitrogen and oxygen atoms in total. The molecule has 6 rings (SSSR count). The van der Waals surface area contributed by atoms with Gasteiger partial charge in [0.25, 0.3) is 0 Å². The maximum absolute atomic E-state index is 15.8. The molecule has 0 aromatic heterocycles. The molecule has 4 atom stereocenters. The highest BCUT2D eigenvalue weighted by atomic mass is 79.9. The van der Waals surface area contributed by atoms with Crippen LogP contribution in [0.2, 0.25) is 0 Å². The summed E-state index contributed by atoms with van der Waals surface area (Å²) in [6.45, 7) is -0.750. The number of amides is 2. The first-order valence-electron chi connectivity index (χ1n) is 22.1. The minimum absolute atomic E-state index is 0.161. The summed E-state index contributed by atoms with van der Waals surface area (Å²) in [7, 11) is 0. The monoisotopic (exact) mass is 1250 g/mol. The van der Waals surface area contributed by atoms with Gasteiger partial charge in [-0.2, -0.15) is 79.0 Å². The van der Waals surface area contributed by atoms with Crippen LogP contribution in [-0.4, -0.2) is 69.9 Å². The van der Waals surface area contributed by atoms with Gasteiger partial charge < -0.3 is 20.8 Å². The molecule has 4 N–H and O–H groups in total. The van der Waals surface area contributed by atoms with Gasteiger partial charge >= 0.3 is 47.9 Å². The first-order chi connectivity index (χ1) is 36.0. The van der Waals surface area contributed by atoms with Gasteiger partial charge in [-0.05, 0) is 57.6 Å². The third kappa shape index (κ3) is 11.8. The number of benzene rings is 6. The molecule has 0 saturated carbocycles. The maximum Gasteiger partial charge on any atom is 0.460 e. The van der Waals surface area contributed by atoms with Crippen LogP contribution in [0.15, 0.2) is 179 Å². The second kappa shape index (κ2) is 23.3. The molecule has 6 aromatic carbocycles. The summed E-state index contributed by atoms with van der Waals surface area (Å²) in [5.74, 6) is -50.8. The first-order valence-corrected chi connectivity index (χ1v) is 23.7. The van der Waals surface area contributed by atoms with Gasteiger partial charge in [-0.15, -0.1) is 0 Å². The number of aliphatic hydroxyl groups is 2. The molecule has 6 aromatic rings. The van der Waals surface area contributed by atoms with Crippen molar-refractivity contribution in [3.05, 3.63) is 212 Å². The van der Waals surface area contributed by atoms with Crippen molar-refractivity contribution in [2.24, 2.45) is 0 Å². The lowest BCUT2D eigenvalue weighted by atomic mass is 9.70. The Balaban J connectivity index is 0.000000287. The zero-order valence-electron chi connectivity index (χ0n) is 39.0. The third-order valence-electron chi connectivity index (χ3n) is 12.1. The van der Waals surface area contributed by atoms with Gasteiger partial charge in [-0.3, -0.25) is 9.59 Å². The quantitative estimate of drug-likeness (QED) is 0.0645. The van der Waals surface area contributed by atoms with Crippen molar-refractivity contribution in [3.63, 3.8) is 0 Å². The van der Waals surface area contributed by atoms with E-state index in [9.17, 15) is 81.3 Å². The van der Waals surface area contributed by atoms with Crippen molar-refractivity contribution >= 4 is 43.7 Å². The van der Waals surface area contributed by atoms with Crippen LogP contribution >= 0.6 is 31.9 Å². The number of nitrogens with one attached hydrogen (secondary N) is 2. The number of halogens is 20. The molecule has 0 aliphatic rings. The zero-order valence-corrected chi connectivity index (χ0v) is 42.2. The topological polar surface area (TPSA) is 98.7 Å². The van der Waals surface area contributed by atoms with Crippen LogP contribution in [0.25, 0.3) is 0 Å². The molecule has 78 heavy (non-hydrogen) atoms. The van der Waals surface area contributed by atoms with Crippen LogP contribution in [0, 0.1) is 0 Å². The molecule has 0 bridgehead atoms. The van der Waals surface area contributed by atoms with Gasteiger partial charge in [0.1, 0.15) is 11.8 Å². The summed E-state index contributed by atoms with van der Waals surface area (Å²) in [4.78, 5) is 26.7. The second-order valence-corrected chi connectivity index (χ2v) is 18.9. The average molecular weight is 1260 g/mol. The maximum atomic E-state index is 15.8. The van der Waals surface area contributed by atoms with Gasteiger partial charge in [0.05, 0.1) is 0 Å². The van der Waals surface area contributed by atoms with Gasteiger partial charge in [0.2, 0.25) is 11.8 Å². The molecular weight excluding hydrogens is 1220 g/mol. The van der Waals surface area contributed by atoms with Crippen molar-refractivity contribution in [2.45, 2.75) is 84.0 Å². The SMILES string of the molecule is O=C(NCc1ccccc1)[C@@H](c1ccccc1)[C@](O)(c1ccc(Br)cc1)C(F)(F)C(F)(F)C(F)(F)C(F)(F)F.O=C(NCc1ccccc1)[C@@H](c1ccccc1)[C@](O)(c1ccc(Br)cc1)C(F)(F)C(F)(F)C(F)(F)C(F)(F)F. The molecule has 0 fully saturated rings. The number of rotatable bonds is 18.